The largest absolute Gasteiger partial charge is 2.00 e. The molecule has 0 saturated carbocycles. The molecule has 0 aliphatic carbocycles. The fraction of sp³-hybridized carbons (Fsp3) is 1.00. The van der Waals surface area contributed by atoms with E-state index in [1.807, 2.05) is 0 Å². The monoisotopic (exact) mass is 236 g/mol. The first-order valence-corrected chi connectivity index (χ1v) is 3.88. The van der Waals surface area contributed by atoms with Gasteiger partial charge in [0, 0.05) is 0 Å². The van der Waals surface area contributed by atoms with Crippen molar-refractivity contribution in [1.82, 2.24) is 0 Å². The summed E-state index contributed by atoms with van der Waals surface area (Å²) in [5.41, 5.74) is 0. The molecule has 0 heterocycles. The normalized spacial score (nSPS) is 10.4. The van der Waals surface area contributed by atoms with Crippen molar-refractivity contribution in [3.05, 3.63) is 0 Å². The van der Waals surface area contributed by atoms with Crippen molar-refractivity contribution >= 4 is 68.6 Å². The number of hydrogen-bond donors (Lipinski definition) is 2. The van der Waals surface area contributed by atoms with Crippen molar-refractivity contribution in [1.29, 1.82) is 0 Å². The zero-order valence-corrected chi connectivity index (χ0v) is 10.9. The Balaban J connectivity index is -0.0000000675. The molecular weight excluding hydrogens is 227 g/mol. The van der Waals surface area contributed by atoms with Gasteiger partial charge < -0.3 is 31.9 Å². The standard InChI is InChI=1S/C3H9O6P.Ca.Mg.2H/c4-1-3(2-5)9-10(6,7)8;;;;/h3-5H,1-2H2,(H2,6,7,8);;;;/q;2*+2;2*-1/p-2. The summed E-state index contributed by atoms with van der Waals surface area (Å²) in [5, 5.41) is 16.4. The van der Waals surface area contributed by atoms with Gasteiger partial charge in [0.25, 0.3) is 0 Å². The van der Waals surface area contributed by atoms with Gasteiger partial charge in [-0.15, -0.1) is 0 Å². The van der Waals surface area contributed by atoms with E-state index in [-0.39, 0.29) is 63.6 Å². The van der Waals surface area contributed by atoms with Crippen LogP contribution in [0.3, 0.4) is 0 Å². The topological polar surface area (TPSA) is 113 Å². The fourth-order valence-electron chi connectivity index (χ4n) is 0.307. The summed E-state index contributed by atoms with van der Waals surface area (Å²) >= 11 is 0. The molecule has 12 heavy (non-hydrogen) atoms. The quantitative estimate of drug-likeness (QED) is 0.389. The molecule has 0 aromatic rings. The van der Waals surface area contributed by atoms with E-state index in [1.165, 1.54) is 0 Å². The third kappa shape index (κ3) is 12.1. The van der Waals surface area contributed by atoms with Crippen LogP contribution in [-0.2, 0) is 9.09 Å². The van der Waals surface area contributed by atoms with Crippen molar-refractivity contribution < 1.29 is 31.9 Å². The van der Waals surface area contributed by atoms with E-state index in [0.29, 0.717) is 0 Å². The van der Waals surface area contributed by atoms with Crippen LogP contribution >= 0.6 is 7.82 Å². The molecular formula is C3H9CaMgO6P. The van der Waals surface area contributed by atoms with Crippen LogP contribution in [-0.4, -0.2) is 90.3 Å². The molecule has 0 aromatic heterocycles. The maximum atomic E-state index is 9.79. The van der Waals surface area contributed by atoms with Crippen LogP contribution in [0.2, 0.25) is 0 Å². The number of rotatable bonds is 4. The Kier molecular flexibility index (Phi) is 15.7. The zero-order valence-electron chi connectivity index (χ0n) is 8.38. The molecule has 0 unspecified atom stereocenters. The van der Waals surface area contributed by atoms with Gasteiger partial charge >= 0.3 is 60.8 Å². The molecule has 9 heteroatoms. The fourth-order valence-corrected chi connectivity index (χ4v) is 0.805. The summed E-state index contributed by atoms with van der Waals surface area (Å²) in [6.07, 6.45) is -1.33. The Morgan fingerprint density at radius 1 is 1.42 bits per heavy atom. The minimum atomic E-state index is -5.07. The second-order valence-electron chi connectivity index (χ2n) is 1.54. The summed E-state index contributed by atoms with van der Waals surface area (Å²) in [6.45, 7) is -1.41. The van der Waals surface area contributed by atoms with Gasteiger partial charge in [0.2, 0.25) is 0 Å². The van der Waals surface area contributed by atoms with E-state index in [4.69, 9.17) is 10.2 Å². The van der Waals surface area contributed by atoms with E-state index in [9.17, 15) is 14.4 Å². The van der Waals surface area contributed by atoms with Gasteiger partial charge in [0.15, 0.2) is 0 Å². The van der Waals surface area contributed by atoms with Crippen molar-refractivity contribution in [3.8, 4) is 0 Å². The van der Waals surface area contributed by atoms with Crippen molar-refractivity contribution in [3.63, 3.8) is 0 Å². The third-order valence-corrected chi connectivity index (χ3v) is 1.24. The number of aliphatic hydroxyl groups is 2. The van der Waals surface area contributed by atoms with E-state index >= 15 is 0 Å². The van der Waals surface area contributed by atoms with Crippen LogP contribution in [0, 0.1) is 0 Å². The Morgan fingerprint density at radius 3 is 1.83 bits per heavy atom. The molecule has 2 N–H and O–H groups in total. The molecule has 66 valence electrons. The van der Waals surface area contributed by atoms with E-state index in [2.05, 4.69) is 4.52 Å². The second kappa shape index (κ2) is 9.60. The molecule has 0 aliphatic heterocycles. The molecule has 0 aliphatic rings. The Morgan fingerprint density at radius 2 is 1.75 bits per heavy atom. The van der Waals surface area contributed by atoms with Crippen LogP contribution < -0.4 is 9.79 Å². The molecule has 0 amide bonds. The summed E-state index contributed by atoms with van der Waals surface area (Å²) < 4.78 is 13.5. The van der Waals surface area contributed by atoms with Crippen molar-refractivity contribution in [2.24, 2.45) is 0 Å². The SMILES string of the molecule is O=P([O-])([O-])OC(CO)CO.[Ca+2].[H-].[H-].[Mg+2]. The summed E-state index contributed by atoms with van der Waals surface area (Å²) in [5.74, 6) is 0. The van der Waals surface area contributed by atoms with Gasteiger partial charge in [0.05, 0.1) is 21.0 Å². The zero-order chi connectivity index (χ0) is 8.20. The van der Waals surface area contributed by atoms with Crippen molar-refractivity contribution in [2.75, 3.05) is 13.2 Å². The van der Waals surface area contributed by atoms with Crippen LogP contribution in [0.15, 0.2) is 0 Å². The minimum Gasteiger partial charge on any atom is -1.00 e. The first-order valence-electron chi connectivity index (χ1n) is 2.41. The van der Waals surface area contributed by atoms with Crippen molar-refractivity contribution in [2.45, 2.75) is 6.10 Å². The molecule has 0 aromatic carbocycles. The second-order valence-corrected chi connectivity index (χ2v) is 2.65. The van der Waals surface area contributed by atoms with Gasteiger partial charge in [-0.25, -0.2) is 0 Å². The predicted molar refractivity (Wildman–Crippen MR) is 40.4 cm³/mol. The molecule has 0 fully saturated rings. The number of phosphoric ester groups is 1. The van der Waals surface area contributed by atoms with E-state index in [1.54, 1.807) is 0 Å². The van der Waals surface area contributed by atoms with Crippen LogP contribution in [0.25, 0.3) is 0 Å². The number of phosphoric acid groups is 1. The van der Waals surface area contributed by atoms with Gasteiger partial charge in [0.1, 0.15) is 6.10 Å². The van der Waals surface area contributed by atoms with Gasteiger partial charge in [-0.3, -0.25) is 0 Å². The molecule has 0 atom stereocenters. The summed E-state index contributed by atoms with van der Waals surface area (Å²) in [6, 6.07) is 0. The minimum absolute atomic E-state index is 0. The maximum absolute atomic E-state index is 9.79. The van der Waals surface area contributed by atoms with Gasteiger partial charge in [-0.1, -0.05) is 0 Å². The van der Waals surface area contributed by atoms with E-state index in [0.717, 1.165) is 0 Å². The average Bonchev–Trinajstić information content (AvgIpc) is 1.81. The smallest absolute Gasteiger partial charge is 1.00 e. The Bertz CT molecular complexity index is 143. The Labute approximate surface area is 119 Å². The number of aliphatic hydroxyl groups excluding tert-OH is 2. The van der Waals surface area contributed by atoms with Crippen LogP contribution in [0.1, 0.15) is 2.85 Å². The third-order valence-electron chi connectivity index (χ3n) is 0.685. The molecule has 0 rings (SSSR count). The summed E-state index contributed by atoms with van der Waals surface area (Å²) in [7, 11) is -5.07. The van der Waals surface area contributed by atoms with Crippen LogP contribution in [0.5, 0.6) is 0 Å². The number of hydrogen-bond acceptors (Lipinski definition) is 6. The molecule has 0 saturated heterocycles. The first-order chi connectivity index (χ1) is 4.49. The van der Waals surface area contributed by atoms with Crippen LogP contribution in [0.4, 0.5) is 0 Å². The molecule has 0 spiro atoms. The molecule has 6 nitrogen and oxygen atoms in total. The van der Waals surface area contributed by atoms with Gasteiger partial charge in [-0.2, -0.15) is 0 Å². The predicted octanol–water partition coefficient (Wildman–Crippen LogP) is -3.35. The summed E-state index contributed by atoms with van der Waals surface area (Å²) in [4.78, 5) is 19.6. The van der Waals surface area contributed by atoms with Gasteiger partial charge in [-0.05, 0) is 0 Å². The molecule has 0 bridgehead atoms. The molecule has 0 radical (unpaired) electrons. The van der Waals surface area contributed by atoms with E-state index < -0.39 is 27.1 Å². The Hall–Kier alpha value is 2.06. The maximum Gasteiger partial charge on any atom is 2.00 e. The first kappa shape index (κ1) is 19.6. The average molecular weight is 236 g/mol.